The van der Waals surface area contributed by atoms with Gasteiger partial charge in [-0.15, -0.1) is 0 Å². The van der Waals surface area contributed by atoms with Crippen LogP contribution in [0.4, 0.5) is 5.13 Å². The molecule has 3 aromatic rings. The standard InChI is InChI=1S/C17H17N3O4S2/c1-11-6-9-24-15(11)16(21)19-17-18-13-5-4-12(10-14(13)25-17)26(22,23)20-7-2-3-8-20/h4-6,9-10H,2-3,7-8H2,1H3,(H,18,19,21). The summed E-state index contributed by atoms with van der Waals surface area (Å²) in [6.45, 7) is 2.91. The zero-order chi connectivity index (χ0) is 18.3. The highest BCUT2D eigenvalue weighted by Gasteiger charge is 2.27. The first-order valence-corrected chi connectivity index (χ1v) is 10.5. The van der Waals surface area contributed by atoms with Crippen LogP contribution < -0.4 is 5.32 Å². The molecule has 1 fully saturated rings. The first-order chi connectivity index (χ1) is 12.4. The second kappa shape index (κ2) is 6.49. The molecule has 2 aromatic heterocycles. The maximum atomic E-state index is 12.7. The smallest absolute Gasteiger partial charge is 0.293 e. The number of benzene rings is 1. The summed E-state index contributed by atoms with van der Waals surface area (Å²) in [6, 6.07) is 6.57. The molecule has 1 aliphatic heterocycles. The summed E-state index contributed by atoms with van der Waals surface area (Å²) in [6.07, 6.45) is 3.24. The zero-order valence-electron chi connectivity index (χ0n) is 14.1. The molecular formula is C17H17N3O4S2. The average molecular weight is 391 g/mol. The molecule has 0 spiro atoms. The SMILES string of the molecule is Cc1ccoc1C(=O)Nc1nc2ccc(S(=O)(=O)N3CCCC3)cc2s1. The molecule has 0 radical (unpaired) electrons. The molecule has 7 nitrogen and oxygen atoms in total. The van der Waals surface area contributed by atoms with E-state index in [9.17, 15) is 13.2 Å². The number of furan rings is 1. The number of hydrogen-bond donors (Lipinski definition) is 1. The fraction of sp³-hybridized carbons (Fsp3) is 0.294. The van der Waals surface area contributed by atoms with E-state index in [2.05, 4.69) is 10.3 Å². The van der Waals surface area contributed by atoms with Gasteiger partial charge in [-0.05, 0) is 44.0 Å². The van der Waals surface area contributed by atoms with Crippen molar-refractivity contribution in [1.82, 2.24) is 9.29 Å². The van der Waals surface area contributed by atoms with Crippen molar-refractivity contribution in [2.24, 2.45) is 0 Å². The van der Waals surface area contributed by atoms with Gasteiger partial charge in [0.15, 0.2) is 10.9 Å². The van der Waals surface area contributed by atoms with Crippen molar-refractivity contribution in [3.63, 3.8) is 0 Å². The van der Waals surface area contributed by atoms with E-state index >= 15 is 0 Å². The molecule has 1 amide bonds. The van der Waals surface area contributed by atoms with Gasteiger partial charge in [-0.1, -0.05) is 11.3 Å². The Bertz CT molecular complexity index is 1080. The number of aromatic nitrogens is 1. The van der Waals surface area contributed by atoms with Gasteiger partial charge in [-0.25, -0.2) is 13.4 Å². The van der Waals surface area contributed by atoms with E-state index in [1.807, 2.05) is 0 Å². The molecule has 0 bridgehead atoms. The quantitative estimate of drug-likeness (QED) is 0.737. The monoisotopic (exact) mass is 391 g/mol. The van der Waals surface area contributed by atoms with Gasteiger partial charge in [0, 0.05) is 18.7 Å². The Morgan fingerprint density at radius 1 is 1.27 bits per heavy atom. The van der Waals surface area contributed by atoms with Gasteiger partial charge in [0.05, 0.1) is 21.4 Å². The minimum absolute atomic E-state index is 0.238. The fourth-order valence-corrected chi connectivity index (χ4v) is 5.47. The van der Waals surface area contributed by atoms with E-state index in [1.165, 1.54) is 21.9 Å². The molecule has 1 aliphatic rings. The number of carbonyl (C=O) groups excluding carboxylic acids is 1. The lowest BCUT2D eigenvalue weighted by Gasteiger charge is -2.15. The number of aryl methyl sites for hydroxylation is 1. The molecule has 0 aliphatic carbocycles. The molecule has 1 aromatic carbocycles. The molecule has 0 saturated carbocycles. The first-order valence-electron chi connectivity index (χ1n) is 8.21. The maximum Gasteiger partial charge on any atom is 0.293 e. The van der Waals surface area contributed by atoms with Crippen LogP contribution in [0.2, 0.25) is 0 Å². The third kappa shape index (κ3) is 3.02. The van der Waals surface area contributed by atoms with E-state index in [0.29, 0.717) is 28.4 Å². The normalized spacial score (nSPS) is 15.6. The third-order valence-electron chi connectivity index (χ3n) is 4.35. The van der Waals surface area contributed by atoms with Crippen molar-refractivity contribution in [2.45, 2.75) is 24.7 Å². The Morgan fingerprint density at radius 3 is 2.73 bits per heavy atom. The topological polar surface area (TPSA) is 92.5 Å². The fourth-order valence-electron chi connectivity index (χ4n) is 2.96. The highest BCUT2D eigenvalue weighted by atomic mass is 32.2. The Hall–Kier alpha value is -2.23. The molecular weight excluding hydrogens is 374 g/mol. The lowest BCUT2D eigenvalue weighted by Crippen LogP contribution is -2.27. The number of fused-ring (bicyclic) bond motifs is 1. The molecule has 0 atom stereocenters. The van der Waals surface area contributed by atoms with Crippen LogP contribution in [0, 0.1) is 6.92 Å². The highest BCUT2D eigenvalue weighted by Crippen LogP contribution is 2.30. The number of thiazole rings is 1. The second-order valence-electron chi connectivity index (χ2n) is 6.15. The van der Waals surface area contributed by atoms with Crippen LogP contribution >= 0.6 is 11.3 Å². The third-order valence-corrected chi connectivity index (χ3v) is 7.18. The Morgan fingerprint density at radius 2 is 2.04 bits per heavy atom. The minimum atomic E-state index is -3.48. The summed E-state index contributed by atoms with van der Waals surface area (Å²) in [4.78, 5) is 16.8. The summed E-state index contributed by atoms with van der Waals surface area (Å²) < 4.78 is 32.8. The lowest BCUT2D eigenvalue weighted by atomic mass is 10.3. The zero-order valence-corrected chi connectivity index (χ0v) is 15.7. The largest absolute Gasteiger partial charge is 0.459 e. The molecule has 4 rings (SSSR count). The van der Waals surface area contributed by atoms with Gasteiger partial charge in [0.1, 0.15) is 0 Å². The molecule has 26 heavy (non-hydrogen) atoms. The van der Waals surface area contributed by atoms with E-state index in [0.717, 1.165) is 18.4 Å². The number of amides is 1. The van der Waals surface area contributed by atoms with Gasteiger partial charge < -0.3 is 4.42 Å². The summed E-state index contributed by atoms with van der Waals surface area (Å²) in [5.74, 6) is -0.141. The number of anilines is 1. The number of rotatable bonds is 4. The van der Waals surface area contributed by atoms with Crippen LogP contribution in [-0.4, -0.2) is 36.7 Å². The Balaban J connectivity index is 1.62. The van der Waals surface area contributed by atoms with Crippen molar-refractivity contribution >= 4 is 42.6 Å². The summed E-state index contributed by atoms with van der Waals surface area (Å²) in [7, 11) is -3.48. The van der Waals surface area contributed by atoms with Gasteiger partial charge in [-0.2, -0.15) is 4.31 Å². The lowest BCUT2D eigenvalue weighted by molar-refractivity contribution is 0.0996. The number of hydrogen-bond acceptors (Lipinski definition) is 6. The molecule has 1 saturated heterocycles. The van der Waals surface area contributed by atoms with Crippen molar-refractivity contribution in [2.75, 3.05) is 18.4 Å². The summed E-state index contributed by atoms with van der Waals surface area (Å²) in [5, 5.41) is 3.10. The van der Waals surface area contributed by atoms with Gasteiger partial charge in [-0.3, -0.25) is 10.1 Å². The van der Waals surface area contributed by atoms with Crippen LogP contribution in [-0.2, 0) is 10.0 Å². The predicted molar refractivity (Wildman–Crippen MR) is 99.0 cm³/mol. The molecule has 3 heterocycles. The number of carbonyl (C=O) groups is 1. The second-order valence-corrected chi connectivity index (χ2v) is 9.12. The number of nitrogens with zero attached hydrogens (tertiary/aromatic N) is 2. The molecule has 9 heteroatoms. The number of sulfonamides is 1. The van der Waals surface area contributed by atoms with Crippen molar-refractivity contribution in [1.29, 1.82) is 0 Å². The van der Waals surface area contributed by atoms with Crippen molar-refractivity contribution < 1.29 is 17.6 Å². The minimum Gasteiger partial charge on any atom is -0.459 e. The first kappa shape index (κ1) is 17.2. The van der Waals surface area contributed by atoms with Crippen LogP contribution in [0.25, 0.3) is 10.2 Å². The van der Waals surface area contributed by atoms with Crippen molar-refractivity contribution in [3.8, 4) is 0 Å². The van der Waals surface area contributed by atoms with Crippen LogP contribution in [0.15, 0.2) is 39.8 Å². The molecule has 0 unspecified atom stereocenters. The van der Waals surface area contributed by atoms with E-state index in [4.69, 9.17) is 4.42 Å². The van der Waals surface area contributed by atoms with Gasteiger partial charge in [0.25, 0.3) is 5.91 Å². The van der Waals surface area contributed by atoms with Gasteiger partial charge in [0.2, 0.25) is 10.0 Å². The molecule has 136 valence electrons. The predicted octanol–water partition coefficient (Wildman–Crippen LogP) is 3.23. The highest BCUT2D eigenvalue weighted by molar-refractivity contribution is 7.89. The van der Waals surface area contributed by atoms with Crippen LogP contribution in [0.3, 0.4) is 0 Å². The van der Waals surface area contributed by atoms with Crippen molar-refractivity contribution in [3.05, 3.63) is 41.9 Å². The Labute approximate surface area is 154 Å². The van der Waals surface area contributed by atoms with Crippen LogP contribution in [0.5, 0.6) is 0 Å². The van der Waals surface area contributed by atoms with Gasteiger partial charge >= 0.3 is 0 Å². The molecule has 1 N–H and O–H groups in total. The van der Waals surface area contributed by atoms with E-state index in [1.54, 1.807) is 31.2 Å². The van der Waals surface area contributed by atoms with E-state index < -0.39 is 10.0 Å². The Kier molecular flexibility index (Phi) is 4.29. The summed E-state index contributed by atoms with van der Waals surface area (Å²) in [5.41, 5.74) is 1.38. The summed E-state index contributed by atoms with van der Waals surface area (Å²) >= 11 is 1.23. The van der Waals surface area contributed by atoms with E-state index in [-0.39, 0.29) is 16.6 Å². The maximum absolute atomic E-state index is 12.7. The number of nitrogens with one attached hydrogen (secondary N) is 1. The average Bonchev–Trinajstić information content (AvgIpc) is 3.34. The van der Waals surface area contributed by atoms with Crippen LogP contribution in [0.1, 0.15) is 29.0 Å².